The van der Waals surface area contributed by atoms with Gasteiger partial charge >= 0.3 is 0 Å². The van der Waals surface area contributed by atoms with Crippen LogP contribution in [-0.2, 0) is 12.8 Å². The van der Waals surface area contributed by atoms with Gasteiger partial charge in [0, 0.05) is 11.4 Å². The van der Waals surface area contributed by atoms with Crippen LogP contribution in [0.15, 0.2) is 12.7 Å². The van der Waals surface area contributed by atoms with Gasteiger partial charge in [0.25, 0.3) is 0 Å². The monoisotopic (exact) mass is 335 g/mol. The maximum absolute atomic E-state index is 6.09. The molecular formula is C17H22ClN3S. The molecule has 1 atom stereocenters. The lowest BCUT2D eigenvalue weighted by Gasteiger charge is -2.33. The van der Waals surface area contributed by atoms with E-state index < -0.39 is 0 Å². The number of rotatable bonds is 3. The van der Waals surface area contributed by atoms with Gasteiger partial charge in [-0.05, 0) is 47.8 Å². The standard InChI is InChI=1S/C17H22ClN3S/c1-5-8-19-14-13-11-7-6-10(17(2,3)4)9-12(11)22-15(13)21-16(18)20-14/h5,10H,1,6-9H2,2-4H3,(H,19,20,21). The van der Waals surface area contributed by atoms with Crippen LogP contribution in [0.2, 0.25) is 5.28 Å². The lowest BCUT2D eigenvalue weighted by Crippen LogP contribution is -2.26. The molecule has 0 aromatic carbocycles. The highest BCUT2D eigenvalue weighted by Gasteiger charge is 2.31. The zero-order valence-electron chi connectivity index (χ0n) is 13.4. The zero-order chi connectivity index (χ0) is 15.9. The molecule has 0 spiro atoms. The quantitative estimate of drug-likeness (QED) is 0.626. The number of nitrogens with zero attached hydrogens (tertiary/aromatic N) is 2. The fraction of sp³-hybridized carbons (Fsp3) is 0.529. The highest BCUT2D eigenvalue weighted by Crippen LogP contribution is 2.44. The minimum absolute atomic E-state index is 0.310. The van der Waals surface area contributed by atoms with Crippen molar-refractivity contribution in [1.29, 1.82) is 0 Å². The second-order valence-corrected chi connectivity index (χ2v) is 8.42. The van der Waals surface area contributed by atoms with E-state index >= 15 is 0 Å². The molecule has 0 saturated carbocycles. The Morgan fingerprint density at radius 1 is 1.41 bits per heavy atom. The Hall–Kier alpha value is -1.13. The van der Waals surface area contributed by atoms with Crippen LogP contribution in [0, 0.1) is 11.3 Å². The van der Waals surface area contributed by atoms with Crippen LogP contribution in [-0.4, -0.2) is 16.5 Å². The average Bonchev–Trinajstić information content (AvgIpc) is 2.80. The summed E-state index contributed by atoms with van der Waals surface area (Å²) >= 11 is 7.87. The first-order valence-electron chi connectivity index (χ1n) is 7.72. The first kappa shape index (κ1) is 15.8. The largest absolute Gasteiger partial charge is 0.366 e. The lowest BCUT2D eigenvalue weighted by atomic mass is 9.72. The number of fused-ring (bicyclic) bond motifs is 3. The second-order valence-electron chi connectivity index (χ2n) is 7.00. The van der Waals surface area contributed by atoms with Crippen molar-refractivity contribution in [2.75, 3.05) is 11.9 Å². The number of hydrogen-bond acceptors (Lipinski definition) is 4. The molecule has 1 aliphatic carbocycles. The molecule has 2 heterocycles. The van der Waals surface area contributed by atoms with Crippen molar-refractivity contribution in [3.63, 3.8) is 0 Å². The topological polar surface area (TPSA) is 37.8 Å². The van der Waals surface area contributed by atoms with E-state index in [9.17, 15) is 0 Å². The Kier molecular flexibility index (Phi) is 4.17. The number of thiophene rings is 1. The average molecular weight is 336 g/mol. The molecule has 3 nitrogen and oxygen atoms in total. The third kappa shape index (κ3) is 2.86. The summed E-state index contributed by atoms with van der Waals surface area (Å²) in [5.74, 6) is 1.57. The SMILES string of the molecule is C=CCNc1nc(Cl)nc2sc3c(c12)CCC(C(C)(C)C)C3. The van der Waals surface area contributed by atoms with Crippen LogP contribution in [0.4, 0.5) is 5.82 Å². The van der Waals surface area contributed by atoms with Crippen LogP contribution in [0.3, 0.4) is 0 Å². The fourth-order valence-corrected chi connectivity index (χ4v) is 4.71. The Bertz CT molecular complexity index is 715. The number of nitrogens with one attached hydrogen (secondary N) is 1. The van der Waals surface area contributed by atoms with Gasteiger partial charge in [0.15, 0.2) is 0 Å². The zero-order valence-corrected chi connectivity index (χ0v) is 14.9. The summed E-state index contributed by atoms with van der Waals surface area (Å²) in [7, 11) is 0. The lowest BCUT2D eigenvalue weighted by molar-refractivity contribution is 0.218. The molecule has 1 unspecified atom stereocenters. The summed E-state index contributed by atoms with van der Waals surface area (Å²) in [6, 6.07) is 0. The van der Waals surface area contributed by atoms with Gasteiger partial charge in [-0.3, -0.25) is 0 Å². The van der Waals surface area contributed by atoms with E-state index in [0.29, 0.717) is 17.2 Å². The molecule has 2 aromatic heterocycles. The van der Waals surface area contributed by atoms with Crippen LogP contribution in [0.1, 0.15) is 37.6 Å². The Morgan fingerprint density at radius 3 is 2.86 bits per heavy atom. The van der Waals surface area contributed by atoms with Gasteiger partial charge in [0.1, 0.15) is 10.6 Å². The second kappa shape index (κ2) is 5.82. The molecule has 5 heteroatoms. The molecule has 0 radical (unpaired) electrons. The third-order valence-electron chi connectivity index (χ3n) is 4.52. The molecule has 1 aliphatic rings. The number of halogens is 1. The smallest absolute Gasteiger partial charge is 0.225 e. The Labute approximate surface area is 140 Å². The molecule has 3 rings (SSSR count). The molecule has 0 bridgehead atoms. The predicted molar refractivity (Wildman–Crippen MR) is 96.1 cm³/mol. The maximum Gasteiger partial charge on any atom is 0.225 e. The van der Waals surface area contributed by atoms with E-state index in [1.54, 1.807) is 11.3 Å². The summed E-state index contributed by atoms with van der Waals surface area (Å²) < 4.78 is 0. The Balaban J connectivity index is 2.06. The van der Waals surface area contributed by atoms with E-state index in [0.717, 1.165) is 29.4 Å². The van der Waals surface area contributed by atoms with Gasteiger partial charge in [-0.1, -0.05) is 26.8 Å². The van der Waals surface area contributed by atoms with Gasteiger partial charge in [0.05, 0.1) is 5.39 Å². The van der Waals surface area contributed by atoms with Gasteiger partial charge in [-0.2, -0.15) is 0 Å². The van der Waals surface area contributed by atoms with Crippen LogP contribution < -0.4 is 5.32 Å². The summed E-state index contributed by atoms with van der Waals surface area (Å²) in [4.78, 5) is 11.3. The first-order valence-corrected chi connectivity index (χ1v) is 8.92. The molecule has 118 valence electrons. The van der Waals surface area contributed by atoms with E-state index in [1.807, 2.05) is 6.08 Å². The normalized spacial score (nSPS) is 18.3. The first-order chi connectivity index (χ1) is 10.4. The summed E-state index contributed by atoms with van der Waals surface area (Å²) in [5.41, 5.74) is 1.77. The molecule has 0 amide bonds. The van der Waals surface area contributed by atoms with Gasteiger partial charge in [0.2, 0.25) is 5.28 Å². The van der Waals surface area contributed by atoms with Gasteiger partial charge in [-0.25, -0.2) is 9.97 Å². The molecule has 0 saturated heterocycles. The van der Waals surface area contributed by atoms with E-state index in [1.165, 1.54) is 22.2 Å². The Morgan fingerprint density at radius 2 is 2.18 bits per heavy atom. The van der Waals surface area contributed by atoms with E-state index in [4.69, 9.17) is 11.6 Å². The molecule has 1 N–H and O–H groups in total. The summed E-state index contributed by atoms with van der Waals surface area (Å²) in [6.45, 7) is 11.4. The third-order valence-corrected chi connectivity index (χ3v) is 5.84. The molecule has 2 aromatic rings. The predicted octanol–water partition coefficient (Wildman–Crippen LogP) is 5.09. The van der Waals surface area contributed by atoms with Gasteiger partial charge < -0.3 is 5.32 Å². The summed E-state index contributed by atoms with van der Waals surface area (Å²) in [5, 5.41) is 4.78. The maximum atomic E-state index is 6.09. The highest BCUT2D eigenvalue weighted by atomic mass is 35.5. The van der Waals surface area contributed by atoms with Crippen molar-refractivity contribution in [1.82, 2.24) is 9.97 Å². The number of hydrogen-bond donors (Lipinski definition) is 1. The van der Waals surface area contributed by atoms with Crippen molar-refractivity contribution >= 4 is 39.0 Å². The minimum atomic E-state index is 0.310. The minimum Gasteiger partial charge on any atom is -0.366 e. The van der Waals surface area contributed by atoms with Crippen molar-refractivity contribution in [3.05, 3.63) is 28.4 Å². The van der Waals surface area contributed by atoms with Gasteiger partial charge in [-0.15, -0.1) is 17.9 Å². The molecule has 0 aliphatic heterocycles. The van der Waals surface area contributed by atoms with Crippen molar-refractivity contribution in [3.8, 4) is 0 Å². The fourth-order valence-electron chi connectivity index (χ4n) is 3.19. The number of anilines is 1. The molecular weight excluding hydrogens is 314 g/mol. The van der Waals surface area contributed by atoms with Crippen molar-refractivity contribution in [2.24, 2.45) is 11.3 Å². The number of aryl methyl sites for hydroxylation is 1. The van der Waals surface area contributed by atoms with Crippen LogP contribution >= 0.6 is 22.9 Å². The summed E-state index contributed by atoms with van der Waals surface area (Å²) in [6.07, 6.45) is 5.30. The van der Waals surface area contributed by atoms with E-state index in [2.05, 4.69) is 42.6 Å². The van der Waals surface area contributed by atoms with Crippen molar-refractivity contribution in [2.45, 2.75) is 40.0 Å². The van der Waals surface area contributed by atoms with Crippen molar-refractivity contribution < 1.29 is 0 Å². The van der Waals surface area contributed by atoms with Crippen LogP contribution in [0.25, 0.3) is 10.2 Å². The van der Waals surface area contributed by atoms with E-state index in [-0.39, 0.29) is 0 Å². The van der Waals surface area contributed by atoms with Crippen LogP contribution in [0.5, 0.6) is 0 Å². The molecule has 0 fully saturated rings. The highest BCUT2D eigenvalue weighted by molar-refractivity contribution is 7.19. The number of aromatic nitrogens is 2. The molecule has 22 heavy (non-hydrogen) atoms.